The van der Waals surface area contributed by atoms with Crippen molar-refractivity contribution >= 4 is 12.0 Å². The molecule has 0 aromatic heterocycles. The highest BCUT2D eigenvalue weighted by Gasteiger charge is 2.30. The maximum atomic E-state index is 12.8. The molecule has 0 radical (unpaired) electrons. The van der Waals surface area contributed by atoms with Gasteiger partial charge < -0.3 is 24.8 Å². The van der Waals surface area contributed by atoms with E-state index in [9.17, 15) is 27.9 Å². The van der Waals surface area contributed by atoms with Gasteiger partial charge in [0.15, 0.2) is 0 Å². The second-order valence-electron chi connectivity index (χ2n) is 7.30. The highest BCUT2D eigenvalue weighted by atomic mass is 19.4. The highest BCUT2D eigenvalue weighted by Crippen LogP contribution is 2.29. The quantitative estimate of drug-likeness (QED) is 0.724. The summed E-state index contributed by atoms with van der Waals surface area (Å²) in [4.78, 5) is 26.1. The number of amides is 2. The van der Waals surface area contributed by atoms with E-state index in [-0.39, 0.29) is 36.9 Å². The van der Waals surface area contributed by atoms with Gasteiger partial charge in [-0.15, -0.1) is 0 Å². The molecule has 0 spiro atoms. The lowest BCUT2D eigenvalue weighted by Crippen LogP contribution is -2.42. The molecule has 32 heavy (non-hydrogen) atoms. The average molecular weight is 452 g/mol. The Hall–Kier alpha value is -3.27. The van der Waals surface area contributed by atoms with Gasteiger partial charge in [-0.2, -0.15) is 13.2 Å². The van der Waals surface area contributed by atoms with E-state index >= 15 is 0 Å². The summed E-state index contributed by atoms with van der Waals surface area (Å²) in [6, 6.07) is 10.4. The third kappa shape index (κ3) is 6.61. The van der Waals surface area contributed by atoms with E-state index in [0.29, 0.717) is 25.1 Å². The summed E-state index contributed by atoms with van der Waals surface area (Å²) in [6.45, 7) is 0.776. The minimum absolute atomic E-state index is 0.0490. The molecule has 1 fully saturated rings. The van der Waals surface area contributed by atoms with Crippen LogP contribution in [0, 0.1) is 0 Å². The third-order valence-corrected chi connectivity index (χ3v) is 4.84. The van der Waals surface area contributed by atoms with Gasteiger partial charge in [0.05, 0.1) is 18.2 Å². The topological polar surface area (TPSA) is 88.1 Å². The Morgan fingerprint density at radius 3 is 2.66 bits per heavy atom. The van der Waals surface area contributed by atoms with Crippen LogP contribution in [0.3, 0.4) is 0 Å². The number of hydrogen-bond acceptors (Lipinski definition) is 5. The van der Waals surface area contributed by atoms with Gasteiger partial charge in [-0.05, 0) is 48.4 Å². The van der Waals surface area contributed by atoms with Crippen LogP contribution in [0.5, 0.6) is 5.75 Å². The van der Waals surface area contributed by atoms with Crippen LogP contribution >= 0.6 is 0 Å². The normalized spacial score (nSPS) is 16.8. The molecule has 172 valence electrons. The van der Waals surface area contributed by atoms with E-state index in [1.54, 1.807) is 0 Å². The number of benzene rings is 2. The van der Waals surface area contributed by atoms with E-state index in [1.165, 1.54) is 41.3 Å². The first-order valence-corrected chi connectivity index (χ1v) is 9.99. The van der Waals surface area contributed by atoms with Crippen LogP contribution in [-0.2, 0) is 22.3 Å². The summed E-state index contributed by atoms with van der Waals surface area (Å²) in [6.07, 6.45) is -5.05. The Labute approximate surface area is 182 Å². The minimum Gasteiger partial charge on any atom is -0.508 e. The molecule has 2 amide bonds. The lowest BCUT2D eigenvalue weighted by Gasteiger charge is -2.23. The molecule has 2 aromatic rings. The van der Waals surface area contributed by atoms with Gasteiger partial charge >= 0.3 is 12.3 Å². The maximum Gasteiger partial charge on any atom is 0.416 e. The molecule has 10 heteroatoms. The monoisotopic (exact) mass is 452 g/mol. The molecule has 0 saturated carbocycles. The summed E-state index contributed by atoms with van der Waals surface area (Å²) in [5, 5.41) is 12.0. The number of phenols is 1. The van der Waals surface area contributed by atoms with Gasteiger partial charge in [0.2, 0.25) is 0 Å². The number of carbonyl (C=O) groups is 2. The lowest BCUT2D eigenvalue weighted by atomic mass is 10.1. The van der Waals surface area contributed by atoms with Gasteiger partial charge in [-0.1, -0.05) is 12.1 Å². The summed E-state index contributed by atoms with van der Waals surface area (Å²) in [7, 11) is 0. The van der Waals surface area contributed by atoms with E-state index in [0.717, 1.165) is 12.1 Å². The second kappa shape index (κ2) is 10.4. The molecule has 1 aliphatic rings. The van der Waals surface area contributed by atoms with Crippen LogP contribution in [0.4, 0.5) is 18.0 Å². The number of phenolic OH excluding ortho intramolecular Hbond substituents is 1. The Balaban J connectivity index is 1.52. The predicted octanol–water partition coefficient (Wildman–Crippen LogP) is 3.57. The van der Waals surface area contributed by atoms with Crippen LogP contribution in [0.25, 0.3) is 0 Å². The van der Waals surface area contributed by atoms with Crippen molar-refractivity contribution in [3.63, 3.8) is 0 Å². The minimum atomic E-state index is -4.47. The number of rotatable bonds is 5. The van der Waals surface area contributed by atoms with Crippen LogP contribution in [0.1, 0.15) is 27.9 Å². The maximum absolute atomic E-state index is 12.8. The van der Waals surface area contributed by atoms with Gasteiger partial charge in [0.1, 0.15) is 12.4 Å². The zero-order chi connectivity index (χ0) is 23.1. The second-order valence-corrected chi connectivity index (χ2v) is 7.30. The van der Waals surface area contributed by atoms with Crippen molar-refractivity contribution in [1.29, 1.82) is 0 Å². The Morgan fingerprint density at radius 1 is 1.19 bits per heavy atom. The molecule has 0 unspecified atom stereocenters. The van der Waals surface area contributed by atoms with Gasteiger partial charge in [-0.3, -0.25) is 4.79 Å². The molecular formula is C22H23F3N2O5. The van der Waals surface area contributed by atoms with Crippen LogP contribution < -0.4 is 5.32 Å². The zero-order valence-electron chi connectivity index (χ0n) is 17.1. The smallest absolute Gasteiger partial charge is 0.416 e. The van der Waals surface area contributed by atoms with Gasteiger partial charge in [-0.25, -0.2) is 4.79 Å². The molecule has 1 heterocycles. The van der Waals surface area contributed by atoms with E-state index in [4.69, 9.17) is 9.47 Å². The SMILES string of the molecule is O=C(NC[C@@H]1CN(C(=O)OCc2cccc(C(F)(F)F)c2)CCCO1)c1ccc(O)cc1. The van der Waals surface area contributed by atoms with Crippen LogP contribution in [0.2, 0.25) is 0 Å². The van der Waals surface area contributed by atoms with Crippen LogP contribution in [-0.4, -0.2) is 54.4 Å². The first-order valence-electron chi connectivity index (χ1n) is 9.99. The summed E-state index contributed by atoms with van der Waals surface area (Å²) in [5.41, 5.74) is -0.204. The first kappa shape index (κ1) is 23.4. The number of hydrogen-bond donors (Lipinski definition) is 2. The molecule has 1 atom stereocenters. The zero-order valence-corrected chi connectivity index (χ0v) is 17.1. The number of nitrogens with one attached hydrogen (secondary N) is 1. The third-order valence-electron chi connectivity index (χ3n) is 4.84. The Bertz CT molecular complexity index is 934. The van der Waals surface area contributed by atoms with Crippen molar-refractivity contribution in [2.75, 3.05) is 26.2 Å². The van der Waals surface area contributed by atoms with Crippen molar-refractivity contribution in [3.8, 4) is 5.75 Å². The van der Waals surface area contributed by atoms with Crippen molar-refractivity contribution in [2.45, 2.75) is 25.3 Å². The fourth-order valence-corrected chi connectivity index (χ4v) is 3.18. The van der Waals surface area contributed by atoms with Gasteiger partial charge in [0.25, 0.3) is 5.91 Å². The standard InChI is InChI=1S/C22H23F3N2O5/c23-22(24,25)17-4-1-3-15(11-17)14-32-21(30)27-9-2-10-31-19(13-27)12-26-20(29)16-5-7-18(28)8-6-16/h1,3-8,11,19,28H,2,9-10,12-14H2,(H,26,29)/t19-/m1/s1. The molecule has 2 N–H and O–H groups in total. The van der Waals surface area contributed by atoms with E-state index < -0.39 is 23.9 Å². The first-order chi connectivity index (χ1) is 15.2. The largest absolute Gasteiger partial charge is 0.508 e. The molecule has 7 nitrogen and oxygen atoms in total. The van der Waals surface area contributed by atoms with E-state index in [1.807, 2.05) is 0 Å². The summed E-state index contributed by atoms with van der Waals surface area (Å²) >= 11 is 0. The number of ether oxygens (including phenoxy) is 2. The number of halogens is 3. The highest BCUT2D eigenvalue weighted by molar-refractivity contribution is 5.94. The predicted molar refractivity (Wildman–Crippen MR) is 108 cm³/mol. The molecule has 1 aliphatic heterocycles. The molecule has 1 saturated heterocycles. The van der Waals surface area contributed by atoms with Crippen molar-refractivity contribution < 1.29 is 37.3 Å². The fourth-order valence-electron chi connectivity index (χ4n) is 3.18. The Morgan fingerprint density at radius 2 is 1.94 bits per heavy atom. The van der Waals surface area contributed by atoms with Crippen molar-refractivity contribution in [3.05, 3.63) is 65.2 Å². The van der Waals surface area contributed by atoms with Crippen LogP contribution in [0.15, 0.2) is 48.5 Å². The molecule has 0 bridgehead atoms. The summed E-state index contributed by atoms with van der Waals surface area (Å²) < 4.78 is 49.4. The molecule has 3 rings (SSSR count). The molecule has 2 aromatic carbocycles. The number of aromatic hydroxyl groups is 1. The van der Waals surface area contributed by atoms with Crippen molar-refractivity contribution in [2.24, 2.45) is 0 Å². The van der Waals surface area contributed by atoms with Crippen molar-refractivity contribution in [1.82, 2.24) is 10.2 Å². The molecular weight excluding hydrogens is 429 g/mol. The molecule has 0 aliphatic carbocycles. The van der Waals surface area contributed by atoms with E-state index in [2.05, 4.69) is 5.32 Å². The van der Waals surface area contributed by atoms with Gasteiger partial charge in [0, 0.05) is 25.3 Å². The average Bonchev–Trinajstić information content (AvgIpc) is 3.02. The Kier molecular flexibility index (Phi) is 7.57. The lowest BCUT2D eigenvalue weighted by molar-refractivity contribution is -0.137. The summed E-state index contributed by atoms with van der Waals surface area (Å²) in [5.74, 6) is -0.301. The number of nitrogens with zero attached hydrogens (tertiary/aromatic N) is 1. The number of carbonyl (C=O) groups excluding carboxylic acids is 2. The fraction of sp³-hybridized carbons (Fsp3) is 0.364. The number of alkyl halides is 3.